The van der Waals surface area contributed by atoms with Crippen LogP contribution in [-0.2, 0) is 4.79 Å². The molecule has 4 nitrogen and oxygen atoms in total. The molecule has 0 aliphatic heterocycles. The van der Waals surface area contributed by atoms with E-state index in [2.05, 4.69) is 31.0 Å². The van der Waals surface area contributed by atoms with Crippen molar-refractivity contribution in [2.75, 3.05) is 26.7 Å². The van der Waals surface area contributed by atoms with Crippen molar-refractivity contribution in [3.8, 4) is 0 Å². The normalized spacial score (nSPS) is 15.2. The van der Waals surface area contributed by atoms with Crippen molar-refractivity contribution in [3.05, 3.63) is 0 Å². The molecule has 0 amide bonds. The van der Waals surface area contributed by atoms with E-state index in [9.17, 15) is 9.90 Å². The van der Waals surface area contributed by atoms with Crippen LogP contribution in [0.3, 0.4) is 0 Å². The van der Waals surface area contributed by atoms with Gasteiger partial charge in [-0.1, -0.05) is 20.8 Å². The number of likely N-dealkylation sites (N-methyl/N-ethyl adjacent to an activating group) is 1. The van der Waals surface area contributed by atoms with Gasteiger partial charge in [-0.15, -0.1) is 0 Å². The molecule has 0 radical (unpaired) electrons. The van der Waals surface area contributed by atoms with Gasteiger partial charge in [0.05, 0.1) is 0 Å². The number of aliphatic carboxylic acids is 1. The summed E-state index contributed by atoms with van der Waals surface area (Å²) in [6, 6.07) is 0. The van der Waals surface area contributed by atoms with E-state index in [-0.39, 0.29) is 0 Å². The molecule has 0 aromatic rings. The lowest BCUT2D eigenvalue weighted by molar-refractivity contribution is -0.144. The van der Waals surface area contributed by atoms with Gasteiger partial charge in [-0.05, 0) is 39.3 Å². The van der Waals surface area contributed by atoms with Gasteiger partial charge >= 0.3 is 5.97 Å². The standard InChI is InChI=1S/C13H28N2O2/c1-6-15(5)10-9-14-13(4,12(16)17)8-7-11(2)3/h11,14H,6-10H2,1-5H3,(H,16,17). The third-order valence-electron chi connectivity index (χ3n) is 3.24. The van der Waals surface area contributed by atoms with Crippen LogP contribution in [0.1, 0.15) is 40.5 Å². The fourth-order valence-electron chi connectivity index (χ4n) is 1.53. The van der Waals surface area contributed by atoms with Crippen molar-refractivity contribution in [1.29, 1.82) is 0 Å². The number of hydrogen-bond acceptors (Lipinski definition) is 3. The van der Waals surface area contributed by atoms with E-state index < -0.39 is 11.5 Å². The highest BCUT2D eigenvalue weighted by Crippen LogP contribution is 2.16. The van der Waals surface area contributed by atoms with Crippen LogP contribution < -0.4 is 5.32 Å². The van der Waals surface area contributed by atoms with E-state index in [1.54, 1.807) is 6.92 Å². The molecule has 102 valence electrons. The molecule has 1 unspecified atom stereocenters. The lowest BCUT2D eigenvalue weighted by atomic mass is 9.92. The highest BCUT2D eigenvalue weighted by atomic mass is 16.4. The molecule has 17 heavy (non-hydrogen) atoms. The number of rotatable bonds is 9. The van der Waals surface area contributed by atoms with Crippen LogP contribution in [0.4, 0.5) is 0 Å². The first-order valence-electron chi connectivity index (χ1n) is 6.48. The molecular weight excluding hydrogens is 216 g/mol. The van der Waals surface area contributed by atoms with Crippen LogP contribution in [0.2, 0.25) is 0 Å². The Labute approximate surface area is 105 Å². The molecule has 1 atom stereocenters. The molecule has 0 saturated heterocycles. The first-order chi connectivity index (χ1) is 7.81. The third kappa shape index (κ3) is 6.64. The summed E-state index contributed by atoms with van der Waals surface area (Å²) in [4.78, 5) is 13.5. The number of carboxylic acids is 1. The van der Waals surface area contributed by atoms with Gasteiger partial charge in [-0.25, -0.2) is 0 Å². The Bertz CT molecular complexity index is 231. The van der Waals surface area contributed by atoms with E-state index >= 15 is 0 Å². The predicted molar refractivity (Wildman–Crippen MR) is 71.3 cm³/mol. The van der Waals surface area contributed by atoms with Crippen LogP contribution in [0.5, 0.6) is 0 Å². The average molecular weight is 244 g/mol. The van der Waals surface area contributed by atoms with Crippen molar-refractivity contribution in [2.24, 2.45) is 5.92 Å². The number of carbonyl (C=O) groups is 1. The molecule has 0 fully saturated rings. The predicted octanol–water partition coefficient (Wildman–Crippen LogP) is 1.81. The summed E-state index contributed by atoms with van der Waals surface area (Å²) in [5, 5.41) is 12.5. The zero-order chi connectivity index (χ0) is 13.5. The van der Waals surface area contributed by atoms with E-state index in [4.69, 9.17) is 0 Å². The molecule has 0 aliphatic carbocycles. The summed E-state index contributed by atoms with van der Waals surface area (Å²) in [5.74, 6) is -0.217. The van der Waals surface area contributed by atoms with Gasteiger partial charge in [0.25, 0.3) is 0 Å². The van der Waals surface area contributed by atoms with E-state index in [1.807, 2.05) is 7.05 Å². The van der Waals surface area contributed by atoms with E-state index in [1.165, 1.54) is 0 Å². The molecule has 0 bridgehead atoms. The van der Waals surface area contributed by atoms with Crippen LogP contribution in [0.25, 0.3) is 0 Å². The Kier molecular flexibility index (Phi) is 7.39. The second kappa shape index (κ2) is 7.67. The van der Waals surface area contributed by atoms with Crippen LogP contribution in [0.15, 0.2) is 0 Å². The minimum absolute atomic E-state index is 0.536. The van der Waals surface area contributed by atoms with Gasteiger partial charge in [0.2, 0.25) is 0 Å². The molecule has 0 rings (SSSR count). The third-order valence-corrected chi connectivity index (χ3v) is 3.24. The minimum atomic E-state index is -0.793. The Morgan fingerprint density at radius 1 is 1.47 bits per heavy atom. The summed E-state index contributed by atoms with van der Waals surface area (Å²) >= 11 is 0. The Balaban J connectivity index is 4.17. The van der Waals surface area contributed by atoms with E-state index in [0.717, 1.165) is 19.5 Å². The number of nitrogens with one attached hydrogen (secondary N) is 1. The molecular formula is C13H28N2O2. The summed E-state index contributed by atoms with van der Waals surface area (Å²) in [5.41, 5.74) is -0.793. The average Bonchev–Trinajstić information content (AvgIpc) is 2.25. The molecule has 0 aromatic heterocycles. The minimum Gasteiger partial charge on any atom is -0.480 e. The first kappa shape index (κ1) is 16.4. The number of carboxylic acid groups (broad SMARTS) is 1. The van der Waals surface area contributed by atoms with Gasteiger partial charge in [-0.2, -0.15) is 0 Å². The fourth-order valence-corrected chi connectivity index (χ4v) is 1.53. The lowest BCUT2D eigenvalue weighted by Crippen LogP contribution is -2.51. The maximum Gasteiger partial charge on any atom is 0.323 e. The zero-order valence-corrected chi connectivity index (χ0v) is 11.9. The molecule has 4 heteroatoms. The maximum atomic E-state index is 11.3. The Hall–Kier alpha value is -0.610. The van der Waals surface area contributed by atoms with Crippen molar-refractivity contribution in [3.63, 3.8) is 0 Å². The van der Waals surface area contributed by atoms with Gasteiger partial charge < -0.3 is 15.3 Å². The fraction of sp³-hybridized carbons (Fsp3) is 0.923. The summed E-state index contributed by atoms with van der Waals surface area (Å²) < 4.78 is 0. The Morgan fingerprint density at radius 3 is 2.47 bits per heavy atom. The molecule has 0 saturated carbocycles. The molecule has 0 aliphatic rings. The van der Waals surface area contributed by atoms with Crippen LogP contribution in [-0.4, -0.2) is 48.2 Å². The maximum absolute atomic E-state index is 11.3. The zero-order valence-electron chi connectivity index (χ0n) is 11.9. The van der Waals surface area contributed by atoms with E-state index in [0.29, 0.717) is 18.9 Å². The highest BCUT2D eigenvalue weighted by Gasteiger charge is 2.31. The monoisotopic (exact) mass is 244 g/mol. The second-order valence-corrected chi connectivity index (χ2v) is 5.39. The molecule has 0 spiro atoms. The number of nitrogens with zero attached hydrogens (tertiary/aromatic N) is 1. The van der Waals surface area contributed by atoms with Crippen molar-refractivity contribution in [1.82, 2.24) is 10.2 Å². The van der Waals surface area contributed by atoms with Crippen LogP contribution >= 0.6 is 0 Å². The first-order valence-corrected chi connectivity index (χ1v) is 6.48. The smallest absolute Gasteiger partial charge is 0.323 e. The van der Waals surface area contributed by atoms with Crippen molar-refractivity contribution < 1.29 is 9.90 Å². The van der Waals surface area contributed by atoms with Crippen molar-refractivity contribution >= 4 is 5.97 Å². The van der Waals surface area contributed by atoms with Gasteiger partial charge in [0.15, 0.2) is 0 Å². The number of hydrogen-bond donors (Lipinski definition) is 2. The van der Waals surface area contributed by atoms with Crippen molar-refractivity contribution in [2.45, 2.75) is 46.1 Å². The summed E-state index contributed by atoms with van der Waals surface area (Å²) in [7, 11) is 2.04. The van der Waals surface area contributed by atoms with Crippen LogP contribution in [0, 0.1) is 5.92 Å². The largest absolute Gasteiger partial charge is 0.480 e. The topological polar surface area (TPSA) is 52.6 Å². The summed E-state index contributed by atoms with van der Waals surface area (Å²) in [6.07, 6.45) is 1.61. The second-order valence-electron chi connectivity index (χ2n) is 5.39. The van der Waals surface area contributed by atoms with Gasteiger partial charge in [0.1, 0.15) is 5.54 Å². The SMILES string of the molecule is CCN(C)CCNC(C)(CCC(C)C)C(=O)O. The summed E-state index contributed by atoms with van der Waals surface area (Å²) in [6.45, 7) is 10.7. The Morgan fingerprint density at radius 2 is 2.06 bits per heavy atom. The highest BCUT2D eigenvalue weighted by molar-refractivity contribution is 5.78. The molecule has 2 N–H and O–H groups in total. The lowest BCUT2D eigenvalue weighted by Gasteiger charge is -2.28. The molecule has 0 heterocycles. The van der Waals surface area contributed by atoms with Gasteiger partial charge in [-0.3, -0.25) is 4.79 Å². The quantitative estimate of drug-likeness (QED) is 0.649. The van der Waals surface area contributed by atoms with Gasteiger partial charge in [0, 0.05) is 13.1 Å². The molecule has 0 aromatic carbocycles.